The molecule has 0 spiro atoms. The van der Waals surface area contributed by atoms with Crippen molar-refractivity contribution in [2.45, 2.75) is 19.8 Å². The fourth-order valence-electron chi connectivity index (χ4n) is 3.24. The number of halogens is 1. The van der Waals surface area contributed by atoms with Crippen LogP contribution in [0.25, 0.3) is 5.69 Å². The molecule has 0 bridgehead atoms. The van der Waals surface area contributed by atoms with E-state index in [9.17, 15) is 18.8 Å². The fraction of sp³-hybridized carbons (Fsp3) is 0.143. The number of hydrogen-bond acceptors (Lipinski definition) is 5. The van der Waals surface area contributed by atoms with Gasteiger partial charge in [0.2, 0.25) is 0 Å². The summed E-state index contributed by atoms with van der Waals surface area (Å²) >= 11 is 0. The molecule has 146 valence electrons. The van der Waals surface area contributed by atoms with Crippen molar-refractivity contribution in [2.75, 3.05) is 0 Å². The first kappa shape index (κ1) is 18.5. The maximum atomic E-state index is 13.2. The van der Waals surface area contributed by atoms with Gasteiger partial charge >= 0.3 is 5.97 Å². The van der Waals surface area contributed by atoms with E-state index in [1.807, 2.05) is 13.8 Å². The lowest BCUT2D eigenvalue weighted by Crippen LogP contribution is -2.33. The predicted octanol–water partition coefficient (Wildman–Crippen LogP) is 3.50. The van der Waals surface area contributed by atoms with Gasteiger partial charge in [0.25, 0.3) is 11.8 Å². The lowest BCUT2D eigenvalue weighted by Gasteiger charge is -2.15. The van der Waals surface area contributed by atoms with Crippen LogP contribution >= 0.6 is 0 Å². The van der Waals surface area contributed by atoms with Crippen LogP contribution in [-0.4, -0.2) is 32.6 Å². The molecule has 1 aliphatic rings. The van der Waals surface area contributed by atoms with Crippen LogP contribution in [0.5, 0.6) is 0 Å². The molecule has 0 fully saturated rings. The monoisotopic (exact) mass is 393 g/mol. The smallest absolute Gasteiger partial charge is 0.324 e. The second-order valence-corrected chi connectivity index (χ2v) is 6.82. The molecule has 0 saturated heterocycles. The number of fused-ring (bicyclic) bond motifs is 1. The Balaban J connectivity index is 1.66. The Morgan fingerprint density at radius 2 is 1.59 bits per heavy atom. The van der Waals surface area contributed by atoms with Crippen molar-refractivity contribution in [3.05, 3.63) is 82.9 Å². The number of carbonyl (C=O) groups is 3. The van der Waals surface area contributed by atoms with Gasteiger partial charge in [-0.25, -0.2) is 13.9 Å². The molecule has 7 nitrogen and oxygen atoms in total. The van der Waals surface area contributed by atoms with Crippen molar-refractivity contribution < 1.29 is 23.6 Å². The highest BCUT2D eigenvalue weighted by molar-refractivity contribution is 6.21. The van der Waals surface area contributed by atoms with E-state index in [2.05, 4.69) is 5.10 Å². The minimum Gasteiger partial charge on any atom is -0.324 e. The standard InChI is InChI=1S/C21H16FN3O4/c1-12(2)18-17(11-23-24(18)14-9-7-13(22)8-10-14)21(28)29-25-19(26)15-5-3-4-6-16(15)20(25)27/h3-12H,1-2H3. The van der Waals surface area contributed by atoms with Crippen LogP contribution in [-0.2, 0) is 4.84 Å². The Morgan fingerprint density at radius 3 is 2.14 bits per heavy atom. The van der Waals surface area contributed by atoms with Gasteiger partial charge in [0.15, 0.2) is 0 Å². The van der Waals surface area contributed by atoms with Crippen molar-refractivity contribution in [3.63, 3.8) is 0 Å². The number of rotatable bonds is 4. The normalized spacial score (nSPS) is 13.2. The van der Waals surface area contributed by atoms with Gasteiger partial charge in [0.1, 0.15) is 11.4 Å². The maximum Gasteiger partial charge on any atom is 0.367 e. The van der Waals surface area contributed by atoms with Crippen LogP contribution in [0.4, 0.5) is 4.39 Å². The molecule has 0 N–H and O–H groups in total. The molecule has 29 heavy (non-hydrogen) atoms. The van der Waals surface area contributed by atoms with Gasteiger partial charge in [-0.2, -0.15) is 5.10 Å². The van der Waals surface area contributed by atoms with Crippen molar-refractivity contribution in [1.29, 1.82) is 0 Å². The number of benzene rings is 2. The van der Waals surface area contributed by atoms with Crippen LogP contribution in [0.3, 0.4) is 0 Å². The quantitative estimate of drug-likeness (QED) is 0.634. The fourth-order valence-corrected chi connectivity index (χ4v) is 3.24. The number of amides is 2. The number of imide groups is 1. The van der Waals surface area contributed by atoms with Gasteiger partial charge < -0.3 is 4.84 Å². The first-order valence-electron chi connectivity index (χ1n) is 8.92. The van der Waals surface area contributed by atoms with Gasteiger partial charge in [-0.05, 0) is 42.3 Å². The zero-order valence-electron chi connectivity index (χ0n) is 15.6. The Hall–Kier alpha value is -3.81. The Morgan fingerprint density at radius 1 is 1.00 bits per heavy atom. The highest BCUT2D eigenvalue weighted by Crippen LogP contribution is 2.27. The van der Waals surface area contributed by atoms with E-state index in [1.165, 1.54) is 47.3 Å². The third kappa shape index (κ3) is 3.08. The van der Waals surface area contributed by atoms with Crippen molar-refractivity contribution in [3.8, 4) is 5.69 Å². The Bertz CT molecular complexity index is 1100. The van der Waals surface area contributed by atoms with E-state index >= 15 is 0 Å². The highest BCUT2D eigenvalue weighted by Gasteiger charge is 2.39. The summed E-state index contributed by atoms with van der Waals surface area (Å²) < 4.78 is 14.7. The summed E-state index contributed by atoms with van der Waals surface area (Å²) in [6, 6.07) is 11.9. The molecule has 2 aromatic carbocycles. The molecule has 0 radical (unpaired) electrons. The zero-order valence-corrected chi connectivity index (χ0v) is 15.6. The van der Waals surface area contributed by atoms with Crippen molar-refractivity contribution in [1.82, 2.24) is 14.8 Å². The largest absolute Gasteiger partial charge is 0.367 e. The molecule has 4 rings (SSSR count). The first-order chi connectivity index (χ1) is 13.9. The van der Waals surface area contributed by atoms with Crippen LogP contribution in [0.1, 0.15) is 56.5 Å². The zero-order chi connectivity index (χ0) is 20.7. The second-order valence-electron chi connectivity index (χ2n) is 6.82. The molecule has 1 aliphatic heterocycles. The second kappa shape index (κ2) is 6.97. The molecule has 0 atom stereocenters. The van der Waals surface area contributed by atoms with Gasteiger partial charge in [-0.1, -0.05) is 31.0 Å². The first-order valence-corrected chi connectivity index (χ1v) is 8.92. The van der Waals surface area contributed by atoms with Gasteiger partial charge in [0.05, 0.1) is 28.7 Å². The van der Waals surface area contributed by atoms with Gasteiger partial charge in [0, 0.05) is 0 Å². The number of carbonyl (C=O) groups excluding carboxylic acids is 3. The molecule has 0 aliphatic carbocycles. The number of aromatic nitrogens is 2. The summed E-state index contributed by atoms with van der Waals surface area (Å²) in [6.07, 6.45) is 1.30. The van der Waals surface area contributed by atoms with Crippen LogP contribution < -0.4 is 0 Å². The highest BCUT2D eigenvalue weighted by atomic mass is 19.1. The van der Waals surface area contributed by atoms with Crippen LogP contribution in [0, 0.1) is 5.82 Å². The molecule has 0 unspecified atom stereocenters. The number of hydrogen-bond donors (Lipinski definition) is 0. The van der Waals surface area contributed by atoms with E-state index in [1.54, 1.807) is 12.1 Å². The summed E-state index contributed by atoms with van der Waals surface area (Å²) in [4.78, 5) is 42.8. The van der Waals surface area contributed by atoms with E-state index < -0.39 is 23.6 Å². The molecule has 2 heterocycles. The molecule has 3 aromatic rings. The van der Waals surface area contributed by atoms with Crippen LogP contribution in [0.2, 0.25) is 0 Å². The van der Waals surface area contributed by atoms with Crippen LogP contribution in [0.15, 0.2) is 54.7 Å². The Kier molecular flexibility index (Phi) is 4.46. The molecule has 1 aromatic heterocycles. The average Bonchev–Trinajstić information content (AvgIpc) is 3.25. The number of nitrogens with zero attached hydrogens (tertiary/aromatic N) is 3. The summed E-state index contributed by atoms with van der Waals surface area (Å²) in [5, 5.41) is 4.68. The van der Waals surface area contributed by atoms with Crippen molar-refractivity contribution in [2.24, 2.45) is 0 Å². The lowest BCUT2D eigenvalue weighted by molar-refractivity contribution is -0.0585. The van der Waals surface area contributed by atoms with Gasteiger partial charge in [-0.3, -0.25) is 9.59 Å². The van der Waals surface area contributed by atoms with E-state index in [-0.39, 0.29) is 22.6 Å². The summed E-state index contributed by atoms with van der Waals surface area (Å²) in [5.74, 6) is -2.81. The van der Waals surface area contributed by atoms with E-state index in [0.29, 0.717) is 16.4 Å². The lowest BCUT2D eigenvalue weighted by atomic mass is 10.1. The molecular formula is C21H16FN3O4. The Labute approximate surface area is 165 Å². The molecule has 0 saturated carbocycles. The van der Waals surface area contributed by atoms with Crippen molar-refractivity contribution >= 4 is 17.8 Å². The van der Waals surface area contributed by atoms with E-state index in [0.717, 1.165) is 0 Å². The average molecular weight is 393 g/mol. The van der Waals surface area contributed by atoms with E-state index in [4.69, 9.17) is 4.84 Å². The third-order valence-corrected chi connectivity index (χ3v) is 4.58. The third-order valence-electron chi connectivity index (χ3n) is 4.58. The molecular weight excluding hydrogens is 377 g/mol. The summed E-state index contributed by atoms with van der Waals surface area (Å²) in [5.41, 5.74) is 1.54. The topological polar surface area (TPSA) is 81.5 Å². The summed E-state index contributed by atoms with van der Waals surface area (Å²) in [6.45, 7) is 3.71. The number of hydroxylamine groups is 2. The molecule has 8 heteroatoms. The van der Waals surface area contributed by atoms with Gasteiger partial charge in [-0.15, -0.1) is 0 Å². The minimum atomic E-state index is -0.878. The maximum absolute atomic E-state index is 13.2. The summed E-state index contributed by atoms with van der Waals surface area (Å²) in [7, 11) is 0. The SMILES string of the molecule is CC(C)c1c(C(=O)ON2C(=O)c3ccccc3C2=O)cnn1-c1ccc(F)cc1. The molecule has 2 amide bonds. The minimum absolute atomic E-state index is 0.112. The predicted molar refractivity (Wildman–Crippen MR) is 100.0 cm³/mol.